The van der Waals surface area contributed by atoms with Crippen LogP contribution in [0.1, 0.15) is 11.1 Å². The summed E-state index contributed by atoms with van der Waals surface area (Å²) in [6.07, 6.45) is 1.22. The first-order valence-corrected chi connectivity index (χ1v) is 3.80. The quantitative estimate of drug-likeness (QED) is 0.537. The normalized spacial score (nSPS) is 11.3. The minimum absolute atomic E-state index is 0.648. The van der Waals surface area contributed by atoms with Crippen LogP contribution in [0, 0.1) is 6.92 Å². The molecule has 3 heteroatoms. The number of benzene rings is 1. The van der Waals surface area contributed by atoms with Gasteiger partial charge in [0.05, 0.1) is 0 Å². The summed E-state index contributed by atoms with van der Waals surface area (Å²) in [7, 11) is 0. The lowest BCUT2D eigenvalue weighted by atomic mass is 10.1. The first-order chi connectivity index (χ1) is 6.09. The largest absolute Gasteiger partial charge is 0.502 e. The maximum absolute atomic E-state index is 10.3. The van der Waals surface area contributed by atoms with E-state index in [1.807, 2.05) is 13.0 Å². The van der Waals surface area contributed by atoms with Gasteiger partial charge in [0.15, 0.2) is 0 Å². The number of carboxylic acids is 1. The first kappa shape index (κ1) is 9.32. The molecule has 1 rings (SSSR count). The molecule has 0 aromatic heterocycles. The van der Waals surface area contributed by atoms with E-state index < -0.39 is 11.7 Å². The smallest absolute Gasteiger partial charge is 0.370 e. The maximum atomic E-state index is 10.3. The Kier molecular flexibility index (Phi) is 2.69. The van der Waals surface area contributed by atoms with Crippen LogP contribution in [0.5, 0.6) is 0 Å². The zero-order valence-corrected chi connectivity index (χ0v) is 7.19. The Hall–Kier alpha value is -1.77. The van der Waals surface area contributed by atoms with Crippen LogP contribution in [0.4, 0.5) is 0 Å². The molecule has 0 radical (unpaired) electrons. The number of aryl methyl sites for hydroxylation is 1. The molecule has 0 amide bonds. The van der Waals surface area contributed by atoms with Gasteiger partial charge in [0.25, 0.3) is 0 Å². The number of aliphatic carboxylic acids is 1. The molecule has 1 aromatic rings. The zero-order valence-electron chi connectivity index (χ0n) is 7.19. The Morgan fingerprint density at radius 2 is 2.08 bits per heavy atom. The highest BCUT2D eigenvalue weighted by Crippen LogP contribution is 2.07. The van der Waals surface area contributed by atoms with Crippen molar-refractivity contribution in [3.8, 4) is 0 Å². The zero-order chi connectivity index (χ0) is 9.84. The monoisotopic (exact) mass is 178 g/mol. The molecule has 68 valence electrons. The average molecular weight is 178 g/mol. The molecule has 0 heterocycles. The second-order valence-electron chi connectivity index (χ2n) is 2.75. The lowest BCUT2D eigenvalue weighted by Gasteiger charge is -1.96. The molecule has 2 N–H and O–H groups in total. The van der Waals surface area contributed by atoms with E-state index in [2.05, 4.69) is 0 Å². The fourth-order valence-electron chi connectivity index (χ4n) is 0.980. The third kappa shape index (κ3) is 2.63. The average Bonchev–Trinajstić information content (AvgIpc) is 2.04. The Labute approximate surface area is 76.0 Å². The van der Waals surface area contributed by atoms with Crippen molar-refractivity contribution in [3.05, 3.63) is 41.2 Å². The Bertz CT molecular complexity index is 353. The van der Waals surface area contributed by atoms with Gasteiger partial charge in [-0.25, -0.2) is 4.79 Å². The molecule has 0 aliphatic carbocycles. The molecule has 0 spiro atoms. The van der Waals surface area contributed by atoms with Crippen molar-refractivity contribution in [3.63, 3.8) is 0 Å². The molecule has 0 aliphatic rings. The molecule has 0 aliphatic heterocycles. The summed E-state index contributed by atoms with van der Waals surface area (Å²) in [6.45, 7) is 1.90. The van der Waals surface area contributed by atoms with Crippen molar-refractivity contribution < 1.29 is 15.0 Å². The number of hydrogen-bond acceptors (Lipinski definition) is 2. The van der Waals surface area contributed by atoms with Gasteiger partial charge < -0.3 is 10.2 Å². The number of carbonyl (C=O) groups is 1. The molecule has 0 fully saturated rings. The minimum atomic E-state index is -1.32. The van der Waals surface area contributed by atoms with Gasteiger partial charge in [-0.05, 0) is 18.6 Å². The van der Waals surface area contributed by atoms with E-state index in [4.69, 9.17) is 10.2 Å². The van der Waals surface area contributed by atoms with E-state index in [1.54, 1.807) is 18.2 Å². The highest BCUT2D eigenvalue weighted by molar-refractivity contribution is 5.89. The highest BCUT2D eigenvalue weighted by atomic mass is 16.4. The van der Waals surface area contributed by atoms with Gasteiger partial charge in [0, 0.05) is 0 Å². The second kappa shape index (κ2) is 3.76. The summed E-state index contributed by atoms with van der Waals surface area (Å²) in [5, 5.41) is 17.3. The Morgan fingerprint density at radius 3 is 2.62 bits per heavy atom. The topological polar surface area (TPSA) is 57.5 Å². The summed E-state index contributed by atoms with van der Waals surface area (Å²) in [5.74, 6) is -1.97. The Morgan fingerprint density at radius 1 is 1.38 bits per heavy atom. The van der Waals surface area contributed by atoms with Gasteiger partial charge in [0.1, 0.15) is 0 Å². The minimum Gasteiger partial charge on any atom is -0.502 e. The van der Waals surface area contributed by atoms with E-state index in [0.717, 1.165) is 5.56 Å². The van der Waals surface area contributed by atoms with Crippen LogP contribution >= 0.6 is 0 Å². The molecule has 3 nitrogen and oxygen atoms in total. The van der Waals surface area contributed by atoms with Crippen LogP contribution in [-0.4, -0.2) is 16.2 Å². The molecule has 13 heavy (non-hydrogen) atoms. The van der Waals surface area contributed by atoms with Crippen molar-refractivity contribution in [1.29, 1.82) is 0 Å². The first-order valence-electron chi connectivity index (χ1n) is 3.80. The fraction of sp³-hybridized carbons (Fsp3) is 0.100. The van der Waals surface area contributed by atoms with E-state index in [9.17, 15) is 4.79 Å². The van der Waals surface area contributed by atoms with Gasteiger partial charge in [-0.15, -0.1) is 0 Å². The highest BCUT2D eigenvalue weighted by Gasteiger charge is 2.02. The van der Waals surface area contributed by atoms with Crippen LogP contribution in [0.25, 0.3) is 6.08 Å². The molecule has 1 aromatic carbocycles. The van der Waals surface area contributed by atoms with Crippen LogP contribution in [0.3, 0.4) is 0 Å². The lowest BCUT2D eigenvalue weighted by Crippen LogP contribution is -1.98. The summed E-state index contributed by atoms with van der Waals surface area (Å²) >= 11 is 0. The van der Waals surface area contributed by atoms with Crippen molar-refractivity contribution in [2.45, 2.75) is 6.92 Å². The maximum Gasteiger partial charge on any atom is 0.370 e. The second-order valence-corrected chi connectivity index (χ2v) is 2.75. The predicted molar refractivity (Wildman–Crippen MR) is 49.4 cm³/mol. The van der Waals surface area contributed by atoms with Gasteiger partial charge in [-0.1, -0.05) is 29.8 Å². The number of rotatable bonds is 2. The number of hydrogen-bond donors (Lipinski definition) is 2. The van der Waals surface area contributed by atoms with Crippen molar-refractivity contribution in [2.24, 2.45) is 0 Å². The summed E-state index contributed by atoms with van der Waals surface area (Å²) in [4.78, 5) is 10.3. The van der Waals surface area contributed by atoms with Crippen LogP contribution in [-0.2, 0) is 4.79 Å². The van der Waals surface area contributed by atoms with Crippen LogP contribution < -0.4 is 0 Å². The molecule has 0 saturated heterocycles. The number of carboxylic acid groups (broad SMARTS) is 1. The molecule has 0 saturated carbocycles. The van der Waals surface area contributed by atoms with Crippen LogP contribution in [0.2, 0.25) is 0 Å². The van der Waals surface area contributed by atoms with Crippen molar-refractivity contribution in [1.82, 2.24) is 0 Å². The third-order valence-corrected chi connectivity index (χ3v) is 1.56. The summed E-state index contributed by atoms with van der Waals surface area (Å²) in [6, 6.07) is 7.22. The predicted octanol–water partition coefficient (Wildman–Crippen LogP) is 1.98. The van der Waals surface area contributed by atoms with E-state index in [1.165, 1.54) is 6.08 Å². The van der Waals surface area contributed by atoms with Crippen molar-refractivity contribution in [2.75, 3.05) is 0 Å². The summed E-state index contributed by atoms with van der Waals surface area (Å²) in [5.41, 5.74) is 1.70. The fourth-order valence-corrected chi connectivity index (χ4v) is 0.980. The third-order valence-electron chi connectivity index (χ3n) is 1.56. The molecule has 0 atom stereocenters. The van der Waals surface area contributed by atoms with E-state index in [-0.39, 0.29) is 0 Å². The van der Waals surface area contributed by atoms with Crippen molar-refractivity contribution >= 4 is 12.0 Å². The SMILES string of the molecule is Cc1cccc(/C=C(\O)C(=O)O)c1. The van der Waals surface area contributed by atoms with Gasteiger partial charge in [-0.3, -0.25) is 0 Å². The molecule has 0 bridgehead atoms. The molecular weight excluding hydrogens is 168 g/mol. The number of aliphatic hydroxyl groups is 1. The standard InChI is InChI=1S/C10H10O3/c1-7-3-2-4-8(5-7)6-9(11)10(12)13/h2-6,11H,1H3,(H,12,13)/b9-6-. The van der Waals surface area contributed by atoms with Gasteiger partial charge >= 0.3 is 5.97 Å². The van der Waals surface area contributed by atoms with E-state index >= 15 is 0 Å². The van der Waals surface area contributed by atoms with Crippen LogP contribution in [0.15, 0.2) is 30.0 Å². The van der Waals surface area contributed by atoms with Gasteiger partial charge in [-0.2, -0.15) is 0 Å². The Balaban J connectivity index is 2.97. The lowest BCUT2D eigenvalue weighted by molar-refractivity contribution is -0.135. The molecule has 0 unspecified atom stereocenters. The van der Waals surface area contributed by atoms with E-state index in [0.29, 0.717) is 5.56 Å². The molecular formula is C10H10O3. The van der Waals surface area contributed by atoms with Gasteiger partial charge in [0.2, 0.25) is 5.76 Å². The summed E-state index contributed by atoms with van der Waals surface area (Å²) < 4.78 is 0. The number of aliphatic hydroxyl groups excluding tert-OH is 1.